The van der Waals surface area contributed by atoms with E-state index in [1.807, 2.05) is 24.3 Å². The van der Waals surface area contributed by atoms with Crippen molar-refractivity contribution >= 4 is 23.1 Å². The Labute approximate surface area is 123 Å². The Kier molecular flexibility index (Phi) is 4.79. The highest BCUT2D eigenvalue weighted by atomic mass is 35.5. The van der Waals surface area contributed by atoms with Crippen LogP contribution in [0.15, 0.2) is 41.5 Å². The molecule has 0 aliphatic rings. The molecule has 0 saturated carbocycles. The summed E-state index contributed by atoms with van der Waals surface area (Å²) in [7, 11) is 0. The van der Waals surface area contributed by atoms with E-state index in [0.717, 1.165) is 11.3 Å². The van der Waals surface area contributed by atoms with E-state index in [0.29, 0.717) is 24.2 Å². The van der Waals surface area contributed by atoms with Crippen LogP contribution >= 0.6 is 11.6 Å². The molecule has 0 atom stereocenters. The van der Waals surface area contributed by atoms with Crippen molar-refractivity contribution in [1.29, 1.82) is 0 Å². The van der Waals surface area contributed by atoms with Gasteiger partial charge in [-0.2, -0.15) is 0 Å². The van der Waals surface area contributed by atoms with E-state index in [1.54, 1.807) is 17.0 Å². The lowest BCUT2D eigenvalue weighted by atomic mass is 10.2. The van der Waals surface area contributed by atoms with Crippen molar-refractivity contribution in [3.63, 3.8) is 0 Å². The summed E-state index contributed by atoms with van der Waals surface area (Å²) in [5, 5.41) is 3.06. The number of rotatable bonds is 5. The van der Waals surface area contributed by atoms with Crippen molar-refractivity contribution in [1.82, 2.24) is 9.55 Å². The largest absolute Gasteiger partial charge is 0.336 e. The van der Waals surface area contributed by atoms with Crippen LogP contribution in [0.1, 0.15) is 19.4 Å². The van der Waals surface area contributed by atoms with Gasteiger partial charge in [-0.1, -0.05) is 26.0 Å². The molecule has 5 heteroatoms. The molecule has 0 unspecified atom stereocenters. The smallest absolute Gasteiger partial charge is 0.293 e. The molecule has 0 aliphatic carbocycles. The second-order valence-corrected chi connectivity index (χ2v) is 5.35. The van der Waals surface area contributed by atoms with Gasteiger partial charge in [-0.25, -0.2) is 4.98 Å². The van der Waals surface area contributed by atoms with Crippen LogP contribution in [0, 0.1) is 5.92 Å². The Bertz CT molecular complexity index is 637. The lowest BCUT2D eigenvalue weighted by Crippen LogP contribution is -2.25. The predicted molar refractivity (Wildman–Crippen MR) is 82.6 cm³/mol. The average Bonchev–Trinajstić information content (AvgIpc) is 2.43. The Morgan fingerprint density at radius 2 is 2.20 bits per heavy atom. The van der Waals surface area contributed by atoms with Crippen LogP contribution in [-0.2, 0) is 12.4 Å². The van der Waals surface area contributed by atoms with Gasteiger partial charge >= 0.3 is 0 Å². The van der Waals surface area contributed by atoms with Crippen molar-refractivity contribution in [3.05, 3.63) is 52.6 Å². The van der Waals surface area contributed by atoms with E-state index in [4.69, 9.17) is 11.6 Å². The molecular weight excluding hydrogens is 274 g/mol. The lowest BCUT2D eigenvalue weighted by molar-refractivity contribution is 0.510. The number of alkyl halides is 1. The van der Waals surface area contributed by atoms with Crippen LogP contribution in [-0.4, -0.2) is 9.55 Å². The summed E-state index contributed by atoms with van der Waals surface area (Å²) < 4.78 is 1.67. The molecule has 106 valence electrons. The zero-order valence-corrected chi connectivity index (χ0v) is 12.4. The van der Waals surface area contributed by atoms with Gasteiger partial charge in [-0.3, -0.25) is 4.79 Å². The minimum absolute atomic E-state index is 0.113. The maximum atomic E-state index is 12.3. The maximum absolute atomic E-state index is 12.3. The highest BCUT2D eigenvalue weighted by Gasteiger charge is 2.06. The van der Waals surface area contributed by atoms with E-state index in [-0.39, 0.29) is 5.56 Å². The third kappa shape index (κ3) is 3.61. The number of nitrogens with zero attached hydrogens (tertiary/aromatic N) is 2. The van der Waals surface area contributed by atoms with Crippen molar-refractivity contribution in [2.45, 2.75) is 26.3 Å². The maximum Gasteiger partial charge on any atom is 0.293 e. The number of aromatic nitrogens is 2. The fourth-order valence-electron chi connectivity index (χ4n) is 1.94. The molecule has 0 spiro atoms. The predicted octanol–water partition coefficient (Wildman–Crippen LogP) is 3.38. The molecule has 4 nitrogen and oxygen atoms in total. The molecule has 2 rings (SSSR count). The summed E-state index contributed by atoms with van der Waals surface area (Å²) in [5.74, 6) is 1.18. The number of nitrogens with one attached hydrogen (secondary N) is 1. The fourth-order valence-corrected chi connectivity index (χ4v) is 2.11. The summed E-state index contributed by atoms with van der Waals surface area (Å²) in [4.78, 5) is 16.4. The SMILES string of the molecule is CC(C)Cn1ccnc(Nc2cccc(CCl)c2)c1=O. The highest BCUT2D eigenvalue weighted by Crippen LogP contribution is 2.15. The molecular formula is C15H18ClN3O. The highest BCUT2D eigenvalue weighted by molar-refractivity contribution is 6.17. The second-order valence-electron chi connectivity index (χ2n) is 5.09. The molecule has 20 heavy (non-hydrogen) atoms. The minimum Gasteiger partial charge on any atom is -0.336 e. The molecule has 1 N–H and O–H groups in total. The summed E-state index contributed by atoms with van der Waals surface area (Å²) in [6, 6.07) is 7.63. The zero-order chi connectivity index (χ0) is 14.5. The minimum atomic E-state index is -0.113. The van der Waals surface area contributed by atoms with Gasteiger partial charge in [0.1, 0.15) is 0 Å². The zero-order valence-electron chi connectivity index (χ0n) is 11.6. The number of hydrogen-bond donors (Lipinski definition) is 1. The van der Waals surface area contributed by atoms with Gasteiger partial charge in [0.25, 0.3) is 5.56 Å². The molecule has 1 aromatic carbocycles. The molecule has 2 aromatic rings. The first-order chi connectivity index (χ1) is 9.60. The number of anilines is 2. The third-order valence-electron chi connectivity index (χ3n) is 2.82. The van der Waals surface area contributed by atoms with Crippen LogP contribution in [0.25, 0.3) is 0 Å². The normalized spacial score (nSPS) is 10.8. The van der Waals surface area contributed by atoms with Crippen LogP contribution in [0.4, 0.5) is 11.5 Å². The first-order valence-electron chi connectivity index (χ1n) is 6.57. The molecule has 0 bridgehead atoms. The van der Waals surface area contributed by atoms with Crippen LogP contribution in [0.2, 0.25) is 0 Å². The molecule has 0 radical (unpaired) electrons. The molecule has 1 aromatic heterocycles. The van der Waals surface area contributed by atoms with Gasteiger partial charge in [0.05, 0.1) is 0 Å². The molecule has 0 aliphatic heterocycles. The Hall–Kier alpha value is -1.81. The summed E-state index contributed by atoms with van der Waals surface area (Å²) in [5.41, 5.74) is 1.70. The van der Waals surface area contributed by atoms with E-state index in [9.17, 15) is 4.79 Å². The van der Waals surface area contributed by atoms with Crippen LogP contribution < -0.4 is 10.9 Å². The number of halogens is 1. The Balaban J connectivity index is 2.27. The van der Waals surface area contributed by atoms with E-state index >= 15 is 0 Å². The van der Waals surface area contributed by atoms with E-state index < -0.39 is 0 Å². The molecule has 1 heterocycles. The van der Waals surface area contributed by atoms with Gasteiger partial charge in [0, 0.05) is 30.5 Å². The first kappa shape index (κ1) is 14.6. The second kappa shape index (κ2) is 6.57. The van der Waals surface area contributed by atoms with E-state index in [2.05, 4.69) is 24.1 Å². The Morgan fingerprint density at radius 1 is 1.40 bits per heavy atom. The van der Waals surface area contributed by atoms with Crippen LogP contribution in [0.5, 0.6) is 0 Å². The molecule has 0 amide bonds. The molecule has 0 saturated heterocycles. The topological polar surface area (TPSA) is 46.9 Å². The summed E-state index contributed by atoms with van der Waals surface area (Å²) in [6.45, 7) is 4.82. The van der Waals surface area contributed by atoms with Crippen molar-refractivity contribution in [2.24, 2.45) is 5.92 Å². The number of hydrogen-bond acceptors (Lipinski definition) is 3. The monoisotopic (exact) mass is 291 g/mol. The van der Waals surface area contributed by atoms with Crippen molar-refractivity contribution < 1.29 is 0 Å². The fraction of sp³-hybridized carbons (Fsp3) is 0.333. The summed E-state index contributed by atoms with van der Waals surface area (Å²) >= 11 is 5.81. The van der Waals surface area contributed by atoms with Gasteiger partial charge in [-0.05, 0) is 23.6 Å². The lowest BCUT2D eigenvalue weighted by Gasteiger charge is -2.11. The van der Waals surface area contributed by atoms with Gasteiger partial charge in [0.2, 0.25) is 0 Å². The van der Waals surface area contributed by atoms with Crippen molar-refractivity contribution in [2.75, 3.05) is 5.32 Å². The van der Waals surface area contributed by atoms with Gasteiger partial charge < -0.3 is 9.88 Å². The standard InChI is InChI=1S/C15H18ClN3O/c1-11(2)10-19-7-6-17-14(15(19)20)18-13-5-3-4-12(8-13)9-16/h3-8,11H,9-10H2,1-2H3,(H,17,18). The quantitative estimate of drug-likeness (QED) is 0.859. The van der Waals surface area contributed by atoms with E-state index in [1.165, 1.54) is 0 Å². The first-order valence-corrected chi connectivity index (χ1v) is 7.11. The third-order valence-corrected chi connectivity index (χ3v) is 3.13. The Morgan fingerprint density at radius 3 is 2.90 bits per heavy atom. The van der Waals surface area contributed by atoms with Gasteiger partial charge in [0.15, 0.2) is 5.82 Å². The average molecular weight is 292 g/mol. The van der Waals surface area contributed by atoms with Crippen molar-refractivity contribution in [3.8, 4) is 0 Å². The van der Waals surface area contributed by atoms with Gasteiger partial charge in [-0.15, -0.1) is 11.6 Å². The number of benzene rings is 1. The molecule has 0 fully saturated rings. The summed E-state index contributed by atoms with van der Waals surface area (Å²) in [6.07, 6.45) is 3.35. The van der Waals surface area contributed by atoms with Crippen LogP contribution in [0.3, 0.4) is 0 Å².